The molecule has 574 valence electrons. The molecule has 0 radical (unpaired) electrons. The van der Waals surface area contributed by atoms with Crippen LogP contribution in [0.15, 0.2) is 393 Å². The number of imidazole rings is 2. The summed E-state index contributed by atoms with van der Waals surface area (Å²) in [7, 11) is -0.425. The van der Waals surface area contributed by atoms with Crippen molar-refractivity contribution < 1.29 is 9.31 Å². The molecule has 6 aliphatic carbocycles. The number of fused-ring (bicyclic) bond motifs is 30. The highest BCUT2D eigenvalue weighted by Gasteiger charge is 2.57. The van der Waals surface area contributed by atoms with Gasteiger partial charge < -0.3 is 9.31 Å². The molecule has 3 heterocycles. The molecule has 27 rings (SSSR count). The fourth-order valence-electron chi connectivity index (χ4n) is 21.8. The summed E-state index contributed by atoms with van der Waals surface area (Å²) in [6.45, 7) is 8.51. The first-order chi connectivity index (χ1) is 59.9. The second kappa shape index (κ2) is 26.4. The molecule has 2 unspecified atom stereocenters. The number of hydrogen-bond donors (Lipinski definition) is 0. The number of benzene rings is 18. The Labute approximate surface area is 716 Å². The van der Waals surface area contributed by atoms with E-state index in [-0.39, 0.29) is 0 Å². The van der Waals surface area contributed by atoms with Gasteiger partial charge in [0, 0.05) is 27.0 Å². The monoisotopic (exact) mass is 1620 g/mol. The van der Waals surface area contributed by atoms with Crippen LogP contribution >= 0.6 is 15.9 Å². The first kappa shape index (κ1) is 70.9. The van der Waals surface area contributed by atoms with Crippen LogP contribution in [0.25, 0.3) is 178 Å². The lowest BCUT2D eigenvalue weighted by Gasteiger charge is -2.32. The summed E-state index contributed by atoms with van der Waals surface area (Å²) in [5.74, 6) is 1.90. The van der Waals surface area contributed by atoms with Crippen LogP contribution in [0.3, 0.4) is 0 Å². The van der Waals surface area contributed by atoms with Gasteiger partial charge in [-0.3, -0.25) is 9.13 Å². The second-order valence-electron chi connectivity index (χ2n) is 34.4. The average molecular weight is 1620 g/mol. The number of halogens is 1. The Morgan fingerprint density at radius 2 is 0.607 bits per heavy atom. The highest BCUT2D eigenvalue weighted by molar-refractivity contribution is 9.10. The lowest BCUT2D eigenvalue weighted by molar-refractivity contribution is 0.00578. The molecule has 122 heavy (non-hydrogen) atoms. The number of rotatable bonds is 6. The van der Waals surface area contributed by atoms with Crippen molar-refractivity contribution in [3.63, 3.8) is 0 Å². The van der Waals surface area contributed by atoms with E-state index >= 15 is 0 Å². The summed E-state index contributed by atoms with van der Waals surface area (Å²) in [6.07, 6.45) is 0. The van der Waals surface area contributed by atoms with Crippen molar-refractivity contribution in [3.8, 4) is 134 Å². The molecular formula is C114H76BBrN4O2. The molecular weight excluding hydrogens is 1550 g/mol. The summed E-state index contributed by atoms with van der Waals surface area (Å²) >= 11 is 3.49. The molecule has 7 aliphatic rings. The van der Waals surface area contributed by atoms with Gasteiger partial charge in [0.15, 0.2) is 0 Å². The largest absolute Gasteiger partial charge is 0.494 e. The van der Waals surface area contributed by atoms with E-state index in [0.29, 0.717) is 0 Å². The predicted octanol–water partition coefficient (Wildman–Crippen LogP) is 28.1. The van der Waals surface area contributed by atoms with Gasteiger partial charge >= 0.3 is 7.12 Å². The van der Waals surface area contributed by atoms with E-state index in [1.54, 1.807) is 0 Å². The topological polar surface area (TPSA) is 54.1 Å². The van der Waals surface area contributed by atoms with Crippen molar-refractivity contribution in [2.45, 2.75) is 49.7 Å². The molecule has 2 spiro atoms. The Hall–Kier alpha value is -14.1. The number of aromatic nitrogens is 4. The van der Waals surface area contributed by atoms with Crippen LogP contribution in [-0.2, 0) is 20.1 Å². The van der Waals surface area contributed by atoms with Crippen molar-refractivity contribution in [1.29, 1.82) is 0 Å². The molecule has 2 aromatic heterocycles. The summed E-state index contributed by atoms with van der Waals surface area (Å²) in [4.78, 5) is 9.98. The van der Waals surface area contributed by atoms with Crippen molar-refractivity contribution in [2.75, 3.05) is 0 Å². The van der Waals surface area contributed by atoms with Gasteiger partial charge in [-0.15, -0.1) is 0 Å². The lowest BCUT2D eigenvalue weighted by atomic mass is 9.68. The molecule has 6 nitrogen and oxygen atoms in total. The molecule has 8 heteroatoms. The summed E-state index contributed by atoms with van der Waals surface area (Å²) < 4.78 is 18.7. The SMILES string of the molecule is Brc1ccc(-c2nc3ccccc3n2-c2ccccc2)cc1.CC1(C)OB(c2ccc3c(c2)C2(c4ccccc4-3)c3ccccc3-c3c2cc2c4c(cccc34)-c3ccccc3-2)OC1(C)C.c1ccc(-n2c(-c3ccc(-c4ccc5c(c4)C4(c6ccccc6-5)c5ccccc5-c5c4cc4c6c(cccc56)-c5ccccc5-4)cc3)nc3ccccc32)cc1. The average Bonchev–Trinajstić information content (AvgIpc) is 1.50. The normalized spacial score (nSPS) is 16.4. The Bertz CT molecular complexity index is 7840. The standard InChI is InChI=1S/C54H32N2.C41H31BO2.C19H13BrN2/c1-2-13-36(14-3-1)56-50-24-11-10-23-49(50)55-53(56)34-27-25-33(26-28-34)35-29-30-40-39-17-6-8-21-45(39)54(47(40)31-35)46-22-9-7-18-42(46)52-43-20-12-19-41-37-15-4-5-16-38(37)44(51(41)43)32-48(52)54;1-39(2)40(3,4)44-42(43-39)24-20-21-28-27-14-7-9-18-33(27)41(35(28)22-24)34-19-10-8-15-30(34)38-31-17-11-16-29-25-12-5-6-13-26(25)32(37(29)31)23-36(38)41;20-15-12-10-14(11-13-15)19-21-17-8-4-5-9-18(17)22(19)16-6-2-1-3-7-16/h1-32H;5-23H,1-4H3;1-13H. The van der Waals surface area contributed by atoms with Gasteiger partial charge in [-0.05, 0) is 278 Å². The molecule has 18 aromatic carbocycles. The molecule has 2 atom stereocenters. The minimum Gasteiger partial charge on any atom is -0.399 e. The van der Waals surface area contributed by atoms with E-state index < -0.39 is 29.2 Å². The van der Waals surface area contributed by atoms with E-state index in [1.165, 1.54) is 166 Å². The third-order valence-electron chi connectivity index (χ3n) is 27.7. The van der Waals surface area contributed by atoms with Gasteiger partial charge in [0.05, 0.1) is 44.1 Å². The maximum atomic E-state index is 6.59. The Morgan fingerprint density at radius 3 is 1.07 bits per heavy atom. The first-order valence-electron chi connectivity index (χ1n) is 42.3. The Kier molecular flexibility index (Phi) is 15.4. The predicted molar refractivity (Wildman–Crippen MR) is 505 cm³/mol. The van der Waals surface area contributed by atoms with Gasteiger partial charge in [-0.25, -0.2) is 9.97 Å². The minimum absolute atomic E-state index is 0.405. The lowest BCUT2D eigenvalue weighted by Crippen LogP contribution is -2.41. The van der Waals surface area contributed by atoms with Gasteiger partial charge in [0.1, 0.15) is 11.6 Å². The smallest absolute Gasteiger partial charge is 0.399 e. The van der Waals surface area contributed by atoms with E-state index in [2.05, 4.69) is 417 Å². The zero-order chi connectivity index (χ0) is 81.1. The molecule has 1 saturated heterocycles. The van der Waals surface area contributed by atoms with Crippen LogP contribution < -0.4 is 5.46 Å². The summed E-state index contributed by atoms with van der Waals surface area (Å²) in [6, 6.07) is 142. The summed E-state index contributed by atoms with van der Waals surface area (Å²) in [5.41, 5.74) is 42.5. The Morgan fingerprint density at radius 1 is 0.262 bits per heavy atom. The van der Waals surface area contributed by atoms with Crippen LogP contribution in [0.4, 0.5) is 0 Å². The van der Waals surface area contributed by atoms with Gasteiger partial charge in [0.25, 0.3) is 0 Å². The number of para-hydroxylation sites is 6. The van der Waals surface area contributed by atoms with Crippen LogP contribution in [0, 0.1) is 0 Å². The molecule has 0 amide bonds. The maximum Gasteiger partial charge on any atom is 0.494 e. The fraction of sp³-hybridized carbons (Fsp3) is 0.0702. The fourth-order valence-corrected chi connectivity index (χ4v) is 22.1. The maximum absolute atomic E-state index is 6.59. The zero-order valence-electron chi connectivity index (χ0n) is 67.5. The van der Waals surface area contributed by atoms with Gasteiger partial charge in [-0.1, -0.05) is 325 Å². The molecule has 0 saturated carbocycles. The van der Waals surface area contributed by atoms with Crippen molar-refractivity contribution in [1.82, 2.24) is 19.1 Å². The van der Waals surface area contributed by atoms with Gasteiger partial charge in [0.2, 0.25) is 0 Å². The van der Waals surface area contributed by atoms with Crippen molar-refractivity contribution in [3.05, 3.63) is 437 Å². The van der Waals surface area contributed by atoms with Crippen LogP contribution in [-0.4, -0.2) is 37.4 Å². The van der Waals surface area contributed by atoms with Crippen LogP contribution in [0.2, 0.25) is 0 Å². The number of hydrogen-bond acceptors (Lipinski definition) is 4. The zero-order valence-corrected chi connectivity index (χ0v) is 69.1. The van der Waals surface area contributed by atoms with Crippen molar-refractivity contribution >= 4 is 72.1 Å². The van der Waals surface area contributed by atoms with Crippen LogP contribution in [0.1, 0.15) is 72.2 Å². The van der Waals surface area contributed by atoms with Crippen LogP contribution in [0.5, 0.6) is 0 Å². The van der Waals surface area contributed by atoms with E-state index in [1.807, 2.05) is 24.3 Å². The Balaban J connectivity index is 0.000000110. The quantitative estimate of drug-likeness (QED) is 0.156. The highest BCUT2D eigenvalue weighted by Crippen LogP contribution is 2.68. The van der Waals surface area contributed by atoms with Crippen molar-refractivity contribution in [2.24, 2.45) is 0 Å². The highest BCUT2D eigenvalue weighted by atomic mass is 79.9. The third-order valence-corrected chi connectivity index (χ3v) is 28.2. The van der Waals surface area contributed by atoms with E-state index in [0.717, 1.165) is 66.2 Å². The second-order valence-corrected chi connectivity index (χ2v) is 35.3. The molecule has 0 bridgehead atoms. The van der Waals surface area contributed by atoms with E-state index in [4.69, 9.17) is 19.3 Å². The van der Waals surface area contributed by atoms with E-state index in [9.17, 15) is 0 Å². The minimum atomic E-state index is -0.452. The summed E-state index contributed by atoms with van der Waals surface area (Å²) in [5, 5.41) is 5.43. The first-order valence-corrected chi connectivity index (χ1v) is 43.1. The molecule has 1 fully saturated rings. The molecule has 0 N–H and O–H groups in total. The third kappa shape index (κ3) is 9.91. The molecule has 1 aliphatic heterocycles. The number of nitrogens with zero attached hydrogens (tertiary/aromatic N) is 4. The molecule has 20 aromatic rings. The van der Waals surface area contributed by atoms with Gasteiger partial charge in [-0.2, -0.15) is 0 Å².